The number of hydrogen-bond donors (Lipinski definition) is 2. The van der Waals surface area contributed by atoms with Crippen molar-refractivity contribution in [2.24, 2.45) is 0 Å². The molecule has 0 aliphatic rings. The van der Waals surface area contributed by atoms with E-state index in [1.165, 1.54) is 0 Å². The van der Waals surface area contributed by atoms with Gasteiger partial charge in [0.1, 0.15) is 11.6 Å². The molecule has 0 bridgehead atoms. The normalized spacial score (nSPS) is 12.4. The van der Waals surface area contributed by atoms with Gasteiger partial charge >= 0.3 is 5.97 Å². The zero-order valence-electron chi connectivity index (χ0n) is 9.49. The molecule has 0 aliphatic heterocycles. The number of hydrogen-bond acceptors (Lipinski definition) is 4. The van der Waals surface area contributed by atoms with Crippen LogP contribution in [-0.4, -0.2) is 31.2 Å². The van der Waals surface area contributed by atoms with Gasteiger partial charge in [0.2, 0.25) is 0 Å². The van der Waals surface area contributed by atoms with Crippen molar-refractivity contribution < 1.29 is 23.8 Å². The summed E-state index contributed by atoms with van der Waals surface area (Å²) in [5.41, 5.74) is -0.248. The van der Waals surface area contributed by atoms with Gasteiger partial charge < -0.3 is 10.2 Å². The van der Waals surface area contributed by atoms with E-state index in [1.807, 2.05) is 0 Å². The highest BCUT2D eigenvalue weighted by Gasteiger charge is 2.14. The second kappa shape index (κ2) is 5.11. The number of nitrogens with zero attached hydrogens (tertiary/aromatic N) is 3. The Balaban J connectivity index is 2.15. The number of aromatic carboxylic acids is 1. The van der Waals surface area contributed by atoms with Gasteiger partial charge in [-0.1, -0.05) is 5.21 Å². The van der Waals surface area contributed by atoms with E-state index in [1.54, 1.807) is 0 Å². The summed E-state index contributed by atoms with van der Waals surface area (Å²) in [4.78, 5) is 10.6. The van der Waals surface area contributed by atoms with Crippen molar-refractivity contribution in [1.29, 1.82) is 0 Å². The summed E-state index contributed by atoms with van der Waals surface area (Å²) < 4.78 is 27.0. The highest BCUT2D eigenvalue weighted by atomic mass is 19.1. The third kappa shape index (κ3) is 3.10. The zero-order chi connectivity index (χ0) is 14.0. The molecule has 2 N–H and O–H groups in total. The maximum absolute atomic E-state index is 13.0. The largest absolute Gasteiger partial charge is 0.476 e. The second-order valence-electron chi connectivity index (χ2n) is 3.85. The van der Waals surface area contributed by atoms with Crippen LogP contribution in [0.3, 0.4) is 0 Å². The van der Waals surface area contributed by atoms with Crippen LogP contribution in [0.2, 0.25) is 0 Å². The van der Waals surface area contributed by atoms with Gasteiger partial charge in [-0.3, -0.25) is 0 Å². The molecule has 0 fully saturated rings. The van der Waals surface area contributed by atoms with Crippen LogP contribution < -0.4 is 0 Å². The standard InChI is InChI=1S/C11H9F2N3O3/c12-7-1-6(2-8(13)3-7)10(17)5-16-4-9(11(18)19)14-15-16/h1-4,10,17H,5H2,(H,18,19). The number of aliphatic hydroxyl groups excluding tert-OH is 1. The minimum Gasteiger partial charge on any atom is -0.476 e. The molecule has 0 spiro atoms. The SMILES string of the molecule is O=C(O)c1cn(CC(O)c2cc(F)cc(F)c2)nn1. The molecule has 0 saturated heterocycles. The van der Waals surface area contributed by atoms with E-state index in [2.05, 4.69) is 10.3 Å². The van der Waals surface area contributed by atoms with Crippen LogP contribution in [0, 0.1) is 11.6 Å². The molecule has 1 heterocycles. The highest BCUT2D eigenvalue weighted by molar-refractivity contribution is 5.84. The number of benzene rings is 1. The van der Waals surface area contributed by atoms with Crippen LogP contribution in [0.5, 0.6) is 0 Å². The lowest BCUT2D eigenvalue weighted by molar-refractivity contribution is 0.0690. The van der Waals surface area contributed by atoms with Gasteiger partial charge in [0.15, 0.2) is 5.69 Å². The molecule has 0 saturated carbocycles. The van der Waals surface area contributed by atoms with Gasteiger partial charge in [-0.2, -0.15) is 0 Å². The fraction of sp³-hybridized carbons (Fsp3) is 0.182. The Morgan fingerprint density at radius 1 is 1.32 bits per heavy atom. The third-order valence-corrected chi connectivity index (χ3v) is 2.39. The highest BCUT2D eigenvalue weighted by Crippen LogP contribution is 2.17. The molecule has 100 valence electrons. The molecular formula is C11H9F2N3O3. The minimum absolute atomic E-state index is 0.0323. The number of carbonyl (C=O) groups is 1. The van der Waals surface area contributed by atoms with Gasteiger partial charge in [0.25, 0.3) is 0 Å². The first kappa shape index (κ1) is 13.1. The van der Waals surface area contributed by atoms with Gasteiger partial charge in [-0.05, 0) is 17.7 Å². The van der Waals surface area contributed by atoms with Crippen molar-refractivity contribution in [3.05, 3.63) is 47.3 Å². The number of aromatic nitrogens is 3. The van der Waals surface area contributed by atoms with Crippen LogP contribution >= 0.6 is 0 Å². The molecule has 1 aromatic carbocycles. The molecule has 8 heteroatoms. The van der Waals surface area contributed by atoms with E-state index < -0.39 is 23.7 Å². The van der Waals surface area contributed by atoms with E-state index in [9.17, 15) is 18.7 Å². The Bertz CT molecular complexity index is 595. The van der Waals surface area contributed by atoms with E-state index >= 15 is 0 Å². The topological polar surface area (TPSA) is 88.2 Å². The van der Waals surface area contributed by atoms with E-state index in [0.717, 1.165) is 23.0 Å². The number of carboxylic acid groups (broad SMARTS) is 1. The number of aliphatic hydroxyl groups is 1. The fourth-order valence-electron chi connectivity index (χ4n) is 1.54. The zero-order valence-corrected chi connectivity index (χ0v) is 9.49. The molecule has 19 heavy (non-hydrogen) atoms. The predicted molar refractivity (Wildman–Crippen MR) is 58.3 cm³/mol. The quantitative estimate of drug-likeness (QED) is 0.864. The van der Waals surface area contributed by atoms with Crippen LogP contribution in [0.25, 0.3) is 0 Å². The summed E-state index contributed by atoms with van der Waals surface area (Å²) >= 11 is 0. The monoisotopic (exact) mass is 269 g/mol. The lowest BCUT2D eigenvalue weighted by Gasteiger charge is -2.10. The third-order valence-electron chi connectivity index (χ3n) is 2.39. The summed E-state index contributed by atoms with van der Waals surface area (Å²) in [5, 5.41) is 25.3. The van der Waals surface area contributed by atoms with E-state index in [4.69, 9.17) is 5.11 Å². The molecule has 1 atom stereocenters. The Labute approximate surface area is 105 Å². The van der Waals surface area contributed by atoms with E-state index in [0.29, 0.717) is 6.07 Å². The van der Waals surface area contributed by atoms with Gasteiger partial charge in [-0.15, -0.1) is 5.10 Å². The lowest BCUT2D eigenvalue weighted by atomic mass is 10.1. The van der Waals surface area contributed by atoms with Crippen molar-refractivity contribution >= 4 is 5.97 Å². The van der Waals surface area contributed by atoms with Crippen molar-refractivity contribution in [3.8, 4) is 0 Å². The summed E-state index contributed by atoms with van der Waals surface area (Å²) in [7, 11) is 0. The molecule has 2 aromatic rings. The lowest BCUT2D eigenvalue weighted by Crippen LogP contribution is -2.10. The summed E-state index contributed by atoms with van der Waals surface area (Å²) in [6.45, 7) is -0.164. The van der Waals surface area contributed by atoms with Gasteiger partial charge in [0.05, 0.1) is 18.8 Å². The van der Waals surface area contributed by atoms with E-state index in [-0.39, 0.29) is 17.8 Å². The molecule has 6 nitrogen and oxygen atoms in total. The van der Waals surface area contributed by atoms with Crippen molar-refractivity contribution in [1.82, 2.24) is 15.0 Å². The second-order valence-corrected chi connectivity index (χ2v) is 3.85. The summed E-state index contributed by atoms with van der Waals surface area (Å²) in [6, 6.07) is 2.67. The van der Waals surface area contributed by atoms with Gasteiger partial charge in [0, 0.05) is 6.07 Å². The summed E-state index contributed by atoms with van der Waals surface area (Å²) in [6.07, 6.45) is -0.116. The van der Waals surface area contributed by atoms with Crippen LogP contribution in [0.4, 0.5) is 8.78 Å². The maximum Gasteiger partial charge on any atom is 0.358 e. The Hall–Kier alpha value is -2.35. The van der Waals surface area contributed by atoms with Gasteiger partial charge in [-0.25, -0.2) is 18.3 Å². The van der Waals surface area contributed by atoms with Crippen molar-refractivity contribution in [3.63, 3.8) is 0 Å². The summed E-state index contributed by atoms with van der Waals surface area (Å²) in [5.74, 6) is -2.87. The average molecular weight is 269 g/mol. The molecular weight excluding hydrogens is 260 g/mol. The van der Waals surface area contributed by atoms with Crippen molar-refractivity contribution in [2.45, 2.75) is 12.6 Å². The Kier molecular flexibility index (Phi) is 3.52. The molecule has 0 radical (unpaired) electrons. The molecule has 1 aromatic heterocycles. The Morgan fingerprint density at radius 3 is 2.47 bits per heavy atom. The maximum atomic E-state index is 13.0. The number of rotatable bonds is 4. The molecule has 0 amide bonds. The first-order chi connectivity index (χ1) is 8.95. The average Bonchev–Trinajstić information content (AvgIpc) is 2.76. The van der Waals surface area contributed by atoms with Crippen LogP contribution in [0.15, 0.2) is 24.4 Å². The first-order valence-corrected chi connectivity index (χ1v) is 5.23. The first-order valence-electron chi connectivity index (χ1n) is 5.23. The number of halogens is 2. The Morgan fingerprint density at radius 2 is 1.95 bits per heavy atom. The smallest absolute Gasteiger partial charge is 0.358 e. The van der Waals surface area contributed by atoms with Crippen LogP contribution in [-0.2, 0) is 6.54 Å². The molecule has 1 unspecified atom stereocenters. The number of carboxylic acids is 1. The molecule has 0 aliphatic carbocycles. The molecule has 2 rings (SSSR count). The van der Waals surface area contributed by atoms with Crippen LogP contribution in [0.1, 0.15) is 22.2 Å². The fourth-order valence-corrected chi connectivity index (χ4v) is 1.54. The predicted octanol–water partition coefficient (Wildman–Crippen LogP) is 0.988. The van der Waals surface area contributed by atoms with Crippen molar-refractivity contribution in [2.75, 3.05) is 0 Å². The minimum atomic E-state index is -1.25.